The average molecular weight is 248 g/mol. The smallest absolute Gasteiger partial charge is 0.00927 e. The predicted molar refractivity (Wildman–Crippen MR) is 80.8 cm³/mol. The van der Waals surface area contributed by atoms with Crippen LogP contribution in [0.15, 0.2) is 12.7 Å². The molecule has 0 saturated heterocycles. The zero-order chi connectivity index (χ0) is 12.7. The van der Waals surface area contributed by atoms with Crippen molar-refractivity contribution in [2.45, 2.75) is 89.9 Å². The molecule has 2 fully saturated rings. The maximum Gasteiger partial charge on any atom is -0.00927 e. The highest BCUT2D eigenvalue weighted by molar-refractivity contribution is 5.00. The zero-order valence-electron chi connectivity index (χ0n) is 12.3. The first-order valence-electron chi connectivity index (χ1n) is 8.51. The van der Waals surface area contributed by atoms with Crippen molar-refractivity contribution in [1.29, 1.82) is 0 Å². The molecular formula is C18H32. The second-order valence-corrected chi connectivity index (χ2v) is 6.75. The lowest BCUT2D eigenvalue weighted by Gasteiger charge is -2.41. The average Bonchev–Trinajstić information content (AvgIpc) is 2.30. The van der Waals surface area contributed by atoms with Gasteiger partial charge >= 0.3 is 0 Å². The fraction of sp³-hybridized carbons (Fsp3) is 0.889. The van der Waals surface area contributed by atoms with E-state index < -0.39 is 0 Å². The highest BCUT2D eigenvalue weighted by Crippen LogP contribution is 2.46. The lowest BCUT2D eigenvalue weighted by molar-refractivity contribution is 0.141. The second-order valence-electron chi connectivity index (χ2n) is 6.75. The van der Waals surface area contributed by atoms with Crippen molar-refractivity contribution in [3.63, 3.8) is 0 Å². The molecule has 0 aliphatic heterocycles. The van der Waals surface area contributed by atoms with E-state index >= 15 is 0 Å². The van der Waals surface area contributed by atoms with Crippen molar-refractivity contribution in [1.82, 2.24) is 0 Å². The summed E-state index contributed by atoms with van der Waals surface area (Å²) in [6, 6.07) is 0. The Labute approximate surface area is 114 Å². The Morgan fingerprint density at radius 1 is 0.667 bits per heavy atom. The fourth-order valence-electron chi connectivity index (χ4n) is 4.37. The van der Waals surface area contributed by atoms with Crippen LogP contribution in [0, 0.1) is 11.3 Å². The molecule has 2 aliphatic rings. The molecule has 2 aliphatic carbocycles. The predicted octanol–water partition coefficient (Wildman–Crippen LogP) is 6.26. The molecule has 0 nitrogen and oxygen atoms in total. The van der Waals surface area contributed by atoms with E-state index in [1.165, 1.54) is 89.9 Å². The van der Waals surface area contributed by atoms with Gasteiger partial charge in [-0.15, -0.1) is 6.58 Å². The van der Waals surface area contributed by atoms with Crippen LogP contribution in [0.25, 0.3) is 0 Å². The van der Waals surface area contributed by atoms with Crippen LogP contribution in [0.5, 0.6) is 0 Å². The van der Waals surface area contributed by atoms with Gasteiger partial charge in [0.15, 0.2) is 0 Å². The summed E-state index contributed by atoms with van der Waals surface area (Å²) in [5, 5.41) is 0. The Bertz CT molecular complexity index is 224. The van der Waals surface area contributed by atoms with E-state index in [0.29, 0.717) is 5.41 Å². The van der Waals surface area contributed by atoms with Crippen LogP contribution in [0.1, 0.15) is 89.9 Å². The Kier molecular flexibility index (Phi) is 5.79. The van der Waals surface area contributed by atoms with Gasteiger partial charge in [0.05, 0.1) is 0 Å². The van der Waals surface area contributed by atoms with Crippen LogP contribution in [0.4, 0.5) is 0 Å². The quantitative estimate of drug-likeness (QED) is 0.506. The zero-order valence-corrected chi connectivity index (χ0v) is 12.3. The van der Waals surface area contributed by atoms with Gasteiger partial charge in [0, 0.05) is 0 Å². The van der Waals surface area contributed by atoms with Crippen molar-refractivity contribution in [2.75, 3.05) is 0 Å². The van der Waals surface area contributed by atoms with Gasteiger partial charge in [-0.05, 0) is 37.0 Å². The van der Waals surface area contributed by atoms with Gasteiger partial charge in [-0.2, -0.15) is 0 Å². The summed E-state index contributed by atoms with van der Waals surface area (Å²) in [4.78, 5) is 0. The molecule has 0 heterocycles. The largest absolute Gasteiger partial charge is 0.103 e. The Hall–Kier alpha value is -0.260. The minimum Gasteiger partial charge on any atom is -0.103 e. The minimum absolute atomic E-state index is 0.512. The third-order valence-corrected chi connectivity index (χ3v) is 5.61. The maximum atomic E-state index is 4.26. The Morgan fingerprint density at radius 2 is 1.11 bits per heavy atom. The first-order chi connectivity index (χ1) is 8.87. The van der Waals surface area contributed by atoms with Crippen LogP contribution < -0.4 is 0 Å². The van der Waals surface area contributed by atoms with Gasteiger partial charge in [-0.3, -0.25) is 0 Å². The van der Waals surface area contributed by atoms with Gasteiger partial charge < -0.3 is 0 Å². The number of allylic oxidation sites excluding steroid dienone is 1. The van der Waals surface area contributed by atoms with Crippen molar-refractivity contribution in [2.24, 2.45) is 11.3 Å². The molecule has 0 unspecified atom stereocenters. The SMILES string of the molecule is C=CC1(C2CCCCCCC2)CCCCCCC1. The van der Waals surface area contributed by atoms with E-state index in [4.69, 9.17) is 0 Å². The monoisotopic (exact) mass is 248 g/mol. The molecule has 0 aromatic heterocycles. The molecule has 18 heavy (non-hydrogen) atoms. The molecule has 0 N–H and O–H groups in total. The van der Waals surface area contributed by atoms with E-state index in [9.17, 15) is 0 Å². The molecule has 0 bridgehead atoms. The number of hydrogen-bond donors (Lipinski definition) is 0. The molecule has 2 saturated carbocycles. The van der Waals surface area contributed by atoms with E-state index in [1.54, 1.807) is 0 Å². The van der Waals surface area contributed by atoms with Crippen LogP contribution in [0.3, 0.4) is 0 Å². The van der Waals surface area contributed by atoms with Crippen LogP contribution in [-0.2, 0) is 0 Å². The third kappa shape index (κ3) is 3.62. The molecular weight excluding hydrogens is 216 g/mol. The summed E-state index contributed by atoms with van der Waals surface area (Å²) in [7, 11) is 0. The summed E-state index contributed by atoms with van der Waals surface area (Å²) < 4.78 is 0. The van der Waals surface area contributed by atoms with Crippen LogP contribution in [0.2, 0.25) is 0 Å². The molecule has 104 valence electrons. The molecule has 0 aromatic rings. The summed E-state index contributed by atoms with van der Waals surface area (Å²) in [5.41, 5.74) is 0.512. The molecule has 0 heteroatoms. The lowest BCUT2D eigenvalue weighted by atomic mass is 9.64. The summed E-state index contributed by atoms with van der Waals surface area (Å²) in [6.07, 6.45) is 22.9. The maximum absolute atomic E-state index is 4.26. The van der Waals surface area contributed by atoms with Crippen LogP contribution in [-0.4, -0.2) is 0 Å². The summed E-state index contributed by atoms with van der Waals surface area (Å²) >= 11 is 0. The van der Waals surface area contributed by atoms with Crippen molar-refractivity contribution < 1.29 is 0 Å². The molecule has 0 amide bonds. The van der Waals surface area contributed by atoms with E-state index in [1.807, 2.05) is 0 Å². The first kappa shape index (κ1) is 14.2. The second kappa shape index (κ2) is 7.36. The topological polar surface area (TPSA) is 0 Å². The molecule has 2 rings (SSSR count). The van der Waals surface area contributed by atoms with Crippen molar-refractivity contribution in [3.05, 3.63) is 12.7 Å². The van der Waals surface area contributed by atoms with Gasteiger partial charge in [0.25, 0.3) is 0 Å². The number of hydrogen-bond acceptors (Lipinski definition) is 0. The van der Waals surface area contributed by atoms with Crippen molar-refractivity contribution in [3.8, 4) is 0 Å². The summed E-state index contributed by atoms with van der Waals surface area (Å²) in [5.74, 6) is 0.952. The highest BCUT2D eigenvalue weighted by Gasteiger charge is 2.35. The summed E-state index contributed by atoms with van der Waals surface area (Å²) in [6.45, 7) is 4.26. The lowest BCUT2D eigenvalue weighted by Crippen LogP contribution is -2.30. The normalized spacial score (nSPS) is 27.6. The van der Waals surface area contributed by atoms with Crippen LogP contribution >= 0.6 is 0 Å². The highest BCUT2D eigenvalue weighted by atomic mass is 14.4. The van der Waals surface area contributed by atoms with Gasteiger partial charge in [-0.25, -0.2) is 0 Å². The van der Waals surface area contributed by atoms with Gasteiger partial charge in [0.2, 0.25) is 0 Å². The van der Waals surface area contributed by atoms with Gasteiger partial charge in [-0.1, -0.05) is 70.3 Å². The molecule has 0 atom stereocenters. The molecule has 0 spiro atoms. The van der Waals surface area contributed by atoms with Gasteiger partial charge in [0.1, 0.15) is 0 Å². The van der Waals surface area contributed by atoms with E-state index in [-0.39, 0.29) is 0 Å². The third-order valence-electron chi connectivity index (χ3n) is 5.61. The fourth-order valence-corrected chi connectivity index (χ4v) is 4.37. The Balaban J connectivity index is 2.03. The van der Waals surface area contributed by atoms with E-state index in [0.717, 1.165) is 5.92 Å². The van der Waals surface area contributed by atoms with E-state index in [2.05, 4.69) is 12.7 Å². The van der Waals surface area contributed by atoms with Crippen molar-refractivity contribution >= 4 is 0 Å². The Morgan fingerprint density at radius 3 is 1.61 bits per heavy atom. The standard InChI is InChI=1S/C18H32/c1-2-18(15-11-7-4-8-12-16-18)17-13-9-5-3-6-10-14-17/h2,17H,1,3-16H2. The first-order valence-corrected chi connectivity index (χ1v) is 8.51. The molecule has 0 radical (unpaired) electrons. The molecule has 0 aromatic carbocycles. The minimum atomic E-state index is 0.512. The number of rotatable bonds is 2.